The fraction of sp³-hybridized carbons (Fsp3) is 0.533. The standard InChI is InChI=1S/C15H23NO2/c1-5-8-12(2)11-16(3)14-10-7-6-9-13(14)15(17)18-4/h6-7,9-10,12H,5,8,11H2,1-4H3. The van der Waals surface area contributed by atoms with Crippen molar-refractivity contribution in [3.8, 4) is 0 Å². The van der Waals surface area contributed by atoms with Gasteiger partial charge in [0.2, 0.25) is 0 Å². The number of ether oxygens (including phenoxy) is 1. The van der Waals surface area contributed by atoms with Crippen LogP contribution in [0.5, 0.6) is 0 Å². The van der Waals surface area contributed by atoms with Crippen LogP contribution < -0.4 is 4.90 Å². The van der Waals surface area contributed by atoms with Crippen molar-refractivity contribution in [3.63, 3.8) is 0 Å². The van der Waals surface area contributed by atoms with Crippen molar-refractivity contribution < 1.29 is 9.53 Å². The SMILES string of the molecule is CCCC(C)CN(C)c1ccccc1C(=O)OC. The third kappa shape index (κ3) is 3.76. The Morgan fingerprint density at radius 1 is 1.39 bits per heavy atom. The third-order valence-corrected chi connectivity index (χ3v) is 3.09. The van der Waals surface area contributed by atoms with Crippen LogP contribution in [0.1, 0.15) is 37.0 Å². The van der Waals surface area contributed by atoms with E-state index in [9.17, 15) is 4.79 Å². The molecular weight excluding hydrogens is 226 g/mol. The predicted octanol–water partition coefficient (Wildman–Crippen LogP) is 3.35. The number of para-hydroxylation sites is 1. The molecule has 100 valence electrons. The highest BCUT2D eigenvalue weighted by atomic mass is 16.5. The number of carbonyl (C=O) groups excluding carboxylic acids is 1. The molecule has 0 bridgehead atoms. The predicted molar refractivity (Wildman–Crippen MR) is 75.1 cm³/mol. The summed E-state index contributed by atoms with van der Waals surface area (Å²) < 4.78 is 4.81. The van der Waals surface area contributed by atoms with Gasteiger partial charge in [0.1, 0.15) is 0 Å². The summed E-state index contributed by atoms with van der Waals surface area (Å²) in [5.41, 5.74) is 1.57. The Hall–Kier alpha value is -1.51. The van der Waals surface area contributed by atoms with Crippen LogP contribution in [0.3, 0.4) is 0 Å². The minimum Gasteiger partial charge on any atom is -0.465 e. The number of rotatable bonds is 6. The van der Waals surface area contributed by atoms with Gasteiger partial charge in [-0.25, -0.2) is 4.79 Å². The number of esters is 1. The van der Waals surface area contributed by atoms with Crippen molar-refractivity contribution >= 4 is 11.7 Å². The number of nitrogens with zero attached hydrogens (tertiary/aromatic N) is 1. The van der Waals surface area contributed by atoms with Crippen LogP contribution in [0.2, 0.25) is 0 Å². The van der Waals surface area contributed by atoms with Crippen molar-refractivity contribution in [1.82, 2.24) is 0 Å². The van der Waals surface area contributed by atoms with E-state index in [1.54, 1.807) is 0 Å². The molecule has 1 unspecified atom stereocenters. The van der Waals surface area contributed by atoms with E-state index in [2.05, 4.69) is 18.7 Å². The summed E-state index contributed by atoms with van der Waals surface area (Å²) in [6, 6.07) is 7.58. The molecule has 0 fully saturated rings. The molecule has 18 heavy (non-hydrogen) atoms. The van der Waals surface area contributed by atoms with Crippen molar-refractivity contribution in [2.75, 3.05) is 25.6 Å². The van der Waals surface area contributed by atoms with E-state index in [-0.39, 0.29) is 5.97 Å². The summed E-state index contributed by atoms with van der Waals surface area (Å²) >= 11 is 0. The van der Waals surface area contributed by atoms with Crippen LogP contribution in [0.4, 0.5) is 5.69 Å². The zero-order valence-corrected chi connectivity index (χ0v) is 11.8. The Morgan fingerprint density at radius 3 is 2.67 bits per heavy atom. The third-order valence-electron chi connectivity index (χ3n) is 3.09. The molecule has 0 saturated carbocycles. The molecule has 1 rings (SSSR count). The molecule has 0 radical (unpaired) electrons. The van der Waals surface area contributed by atoms with E-state index < -0.39 is 0 Å². The fourth-order valence-corrected chi connectivity index (χ4v) is 2.24. The van der Waals surface area contributed by atoms with Gasteiger partial charge >= 0.3 is 5.97 Å². The highest BCUT2D eigenvalue weighted by Crippen LogP contribution is 2.21. The van der Waals surface area contributed by atoms with E-state index in [4.69, 9.17) is 4.74 Å². The second-order valence-corrected chi connectivity index (χ2v) is 4.78. The van der Waals surface area contributed by atoms with Gasteiger partial charge in [-0.05, 0) is 24.5 Å². The maximum Gasteiger partial charge on any atom is 0.339 e. The van der Waals surface area contributed by atoms with E-state index in [1.165, 1.54) is 20.0 Å². The van der Waals surface area contributed by atoms with Gasteiger partial charge in [0.15, 0.2) is 0 Å². The molecule has 3 heteroatoms. The van der Waals surface area contributed by atoms with Gasteiger partial charge in [0.05, 0.1) is 18.4 Å². The number of hydrogen-bond acceptors (Lipinski definition) is 3. The van der Waals surface area contributed by atoms with Crippen molar-refractivity contribution in [2.45, 2.75) is 26.7 Å². The highest BCUT2D eigenvalue weighted by molar-refractivity contribution is 5.95. The normalized spacial score (nSPS) is 12.0. The average molecular weight is 249 g/mol. The number of benzene rings is 1. The summed E-state index contributed by atoms with van der Waals surface area (Å²) in [7, 11) is 3.44. The van der Waals surface area contributed by atoms with Gasteiger partial charge in [0.25, 0.3) is 0 Å². The summed E-state index contributed by atoms with van der Waals surface area (Å²) in [6.45, 7) is 5.38. The number of anilines is 1. The number of hydrogen-bond donors (Lipinski definition) is 0. The summed E-state index contributed by atoms with van der Waals surface area (Å²) in [5.74, 6) is 0.339. The molecule has 0 amide bonds. The van der Waals surface area contributed by atoms with Gasteiger partial charge < -0.3 is 9.64 Å². The summed E-state index contributed by atoms with van der Waals surface area (Å²) in [5, 5.41) is 0. The molecule has 1 aromatic rings. The average Bonchev–Trinajstić information content (AvgIpc) is 2.38. The zero-order chi connectivity index (χ0) is 13.5. The lowest BCUT2D eigenvalue weighted by molar-refractivity contribution is 0.0601. The first-order valence-electron chi connectivity index (χ1n) is 6.48. The van der Waals surface area contributed by atoms with E-state index in [1.807, 2.05) is 31.3 Å². The van der Waals surface area contributed by atoms with E-state index in [0.717, 1.165) is 12.2 Å². The molecule has 1 aromatic carbocycles. The number of carbonyl (C=O) groups is 1. The lowest BCUT2D eigenvalue weighted by Gasteiger charge is -2.25. The minimum absolute atomic E-state index is 0.277. The lowest BCUT2D eigenvalue weighted by Crippen LogP contribution is -2.25. The van der Waals surface area contributed by atoms with Crippen LogP contribution in [0.15, 0.2) is 24.3 Å². The second-order valence-electron chi connectivity index (χ2n) is 4.78. The smallest absolute Gasteiger partial charge is 0.339 e. The Bertz CT molecular complexity index is 390. The Labute approximate surface area is 110 Å². The molecule has 0 heterocycles. The van der Waals surface area contributed by atoms with Crippen LogP contribution in [0, 0.1) is 5.92 Å². The van der Waals surface area contributed by atoms with Crippen molar-refractivity contribution in [2.24, 2.45) is 5.92 Å². The number of methoxy groups -OCH3 is 1. The largest absolute Gasteiger partial charge is 0.465 e. The van der Waals surface area contributed by atoms with Gasteiger partial charge in [-0.15, -0.1) is 0 Å². The monoisotopic (exact) mass is 249 g/mol. The first-order valence-corrected chi connectivity index (χ1v) is 6.48. The molecule has 0 aromatic heterocycles. The van der Waals surface area contributed by atoms with Gasteiger partial charge in [-0.1, -0.05) is 32.4 Å². The maximum atomic E-state index is 11.7. The van der Waals surface area contributed by atoms with Crippen molar-refractivity contribution in [1.29, 1.82) is 0 Å². The van der Waals surface area contributed by atoms with Crippen LogP contribution in [-0.2, 0) is 4.74 Å². The fourth-order valence-electron chi connectivity index (χ4n) is 2.24. The molecule has 0 N–H and O–H groups in total. The molecule has 0 aliphatic carbocycles. The Kier molecular flexibility index (Phi) is 5.69. The topological polar surface area (TPSA) is 29.5 Å². The van der Waals surface area contributed by atoms with E-state index in [0.29, 0.717) is 11.5 Å². The molecule has 0 spiro atoms. The quantitative estimate of drug-likeness (QED) is 0.724. The lowest BCUT2D eigenvalue weighted by atomic mass is 10.0. The maximum absolute atomic E-state index is 11.7. The summed E-state index contributed by atoms with van der Waals surface area (Å²) in [6.07, 6.45) is 2.39. The molecule has 0 aliphatic heterocycles. The first kappa shape index (κ1) is 14.6. The molecule has 0 saturated heterocycles. The molecular formula is C15H23NO2. The van der Waals surface area contributed by atoms with Crippen LogP contribution in [-0.4, -0.2) is 26.7 Å². The van der Waals surface area contributed by atoms with Crippen LogP contribution in [0.25, 0.3) is 0 Å². The highest BCUT2D eigenvalue weighted by Gasteiger charge is 2.15. The zero-order valence-electron chi connectivity index (χ0n) is 11.8. The van der Waals surface area contributed by atoms with Gasteiger partial charge in [0, 0.05) is 13.6 Å². The molecule has 3 nitrogen and oxygen atoms in total. The van der Waals surface area contributed by atoms with Crippen molar-refractivity contribution in [3.05, 3.63) is 29.8 Å². The first-order chi connectivity index (χ1) is 8.60. The summed E-state index contributed by atoms with van der Waals surface area (Å²) in [4.78, 5) is 13.8. The van der Waals surface area contributed by atoms with Gasteiger partial charge in [-0.2, -0.15) is 0 Å². The van der Waals surface area contributed by atoms with E-state index >= 15 is 0 Å². The minimum atomic E-state index is -0.277. The Balaban J connectivity index is 2.84. The Morgan fingerprint density at radius 2 is 2.06 bits per heavy atom. The molecule has 0 aliphatic rings. The van der Waals surface area contributed by atoms with Crippen LogP contribution >= 0.6 is 0 Å². The van der Waals surface area contributed by atoms with Gasteiger partial charge in [-0.3, -0.25) is 0 Å². The second kappa shape index (κ2) is 7.04. The molecule has 1 atom stereocenters.